The minimum absolute atomic E-state index is 0.152. The SMILES string of the molecule is COc1ccc(Br)cc1CC(=O)OC[C@H]1COC(C)(C)O1. The van der Waals surface area contributed by atoms with E-state index in [0.717, 1.165) is 10.0 Å². The third-order valence-electron chi connectivity index (χ3n) is 3.07. The van der Waals surface area contributed by atoms with Crippen LogP contribution in [0.4, 0.5) is 0 Å². The van der Waals surface area contributed by atoms with Crippen molar-refractivity contribution in [2.45, 2.75) is 32.2 Å². The summed E-state index contributed by atoms with van der Waals surface area (Å²) in [6.45, 7) is 4.29. The Hall–Kier alpha value is -1.11. The molecule has 0 amide bonds. The summed E-state index contributed by atoms with van der Waals surface area (Å²) < 4.78 is 22.4. The molecule has 21 heavy (non-hydrogen) atoms. The van der Waals surface area contributed by atoms with Crippen molar-refractivity contribution in [2.24, 2.45) is 0 Å². The maximum absolute atomic E-state index is 11.9. The normalized spacial score (nSPS) is 20.3. The van der Waals surface area contributed by atoms with Crippen molar-refractivity contribution in [1.29, 1.82) is 0 Å². The van der Waals surface area contributed by atoms with Crippen LogP contribution in [0.5, 0.6) is 5.75 Å². The molecular formula is C15H19BrO5. The number of benzene rings is 1. The van der Waals surface area contributed by atoms with Gasteiger partial charge < -0.3 is 18.9 Å². The van der Waals surface area contributed by atoms with Crippen LogP contribution in [0.15, 0.2) is 22.7 Å². The van der Waals surface area contributed by atoms with Gasteiger partial charge in [0.15, 0.2) is 5.79 Å². The van der Waals surface area contributed by atoms with Crippen LogP contribution >= 0.6 is 15.9 Å². The standard InChI is InChI=1S/C15H19BrO5/c1-15(2)20-9-12(21-15)8-19-14(17)7-10-6-11(16)4-5-13(10)18-3/h4-6,12H,7-9H2,1-3H3/t12-/m0/s1. The van der Waals surface area contributed by atoms with E-state index in [1.54, 1.807) is 7.11 Å². The van der Waals surface area contributed by atoms with Crippen LogP contribution in [0.2, 0.25) is 0 Å². The van der Waals surface area contributed by atoms with E-state index < -0.39 is 5.79 Å². The van der Waals surface area contributed by atoms with E-state index in [4.69, 9.17) is 18.9 Å². The molecule has 6 heteroatoms. The van der Waals surface area contributed by atoms with Gasteiger partial charge in [0, 0.05) is 10.0 Å². The Morgan fingerprint density at radius 1 is 1.48 bits per heavy atom. The summed E-state index contributed by atoms with van der Waals surface area (Å²) in [4.78, 5) is 11.9. The van der Waals surface area contributed by atoms with Crippen LogP contribution in [-0.2, 0) is 25.4 Å². The van der Waals surface area contributed by atoms with Crippen LogP contribution < -0.4 is 4.74 Å². The molecule has 2 rings (SSSR count). The summed E-state index contributed by atoms with van der Waals surface area (Å²) >= 11 is 3.38. The van der Waals surface area contributed by atoms with Crippen molar-refractivity contribution >= 4 is 21.9 Å². The van der Waals surface area contributed by atoms with Crippen LogP contribution in [0, 0.1) is 0 Å². The molecule has 1 saturated heterocycles. The molecule has 1 aromatic rings. The van der Waals surface area contributed by atoms with Gasteiger partial charge in [0.25, 0.3) is 0 Å². The number of halogens is 1. The van der Waals surface area contributed by atoms with Crippen molar-refractivity contribution in [3.8, 4) is 5.75 Å². The Balaban J connectivity index is 1.86. The van der Waals surface area contributed by atoms with E-state index in [2.05, 4.69) is 15.9 Å². The second-order valence-corrected chi connectivity index (χ2v) is 6.18. The molecule has 1 aliphatic rings. The fourth-order valence-corrected chi connectivity index (χ4v) is 2.53. The lowest BCUT2D eigenvalue weighted by molar-refractivity contribution is -0.157. The van der Waals surface area contributed by atoms with Gasteiger partial charge in [-0.05, 0) is 32.0 Å². The maximum Gasteiger partial charge on any atom is 0.310 e. The predicted molar refractivity (Wildman–Crippen MR) is 80.3 cm³/mol. The largest absolute Gasteiger partial charge is 0.496 e. The van der Waals surface area contributed by atoms with Crippen LogP contribution in [0.3, 0.4) is 0 Å². The summed E-state index contributed by atoms with van der Waals surface area (Å²) in [6, 6.07) is 5.51. The zero-order valence-electron chi connectivity index (χ0n) is 12.3. The molecule has 0 radical (unpaired) electrons. The third kappa shape index (κ3) is 4.69. The van der Waals surface area contributed by atoms with Crippen molar-refractivity contribution < 1.29 is 23.7 Å². The number of esters is 1. The number of carbonyl (C=O) groups is 1. The van der Waals surface area contributed by atoms with E-state index in [0.29, 0.717) is 12.4 Å². The van der Waals surface area contributed by atoms with Crippen LogP contribution in [-0.4, -0.2) is 38.2 Å². The molecule has 5 nitrogen and oxygen atoms in total. The van der Waals surface area contributed by atoms with Gasteiger partial charge in [-0.1, -0.05) is 15.9 Å². The molecule has 1 fully saturated rings. The molecule has 1 aliphatic heterocycles. The van der Waals surface area contributed by atoms with E-state index in [1.807, 2.05) is 32.0 Å². The lowest BCUT2D eigenvalue weighted by atomic mass is 10.1. The molecule has 1 atom stereocenters. The van der Waals surface area contributed by atoms with Gasteiger partial charge in [0.05, 0.1) is 20.1 Å². The summed E-state index contributed by atoms with van der Waals surface area (Å²) in [5.41, 5.74) is 0.779. The van der Waals surface area contributed by atoms with Crippen molar-refractivity contribution in [3.63, 3.8) is 0 Å². The molecule has 1 heterocycles. The Morgan fingerprint density at radius 2 is 2.24 bits per heavy atom. The Labute approximate surface area is 132 Å². The molecule has 116 valence electrons. The molecular weight excluding hydrogens is 340 g/mol. The average molecular weight is 359 g/mol. The number of hydrogen-bond acceptors (Lipinski definition) is 5. The molecule has 1 aromatic carbocycles. The van der Waals surface area contributed by atoms with Gasteiger partial charge in [0.1, 0.15) is 18.5 Å². The molecule has 0 saturated carbocycles. The fourth-order valence-electron chi connectivity index (χ4n) is 2.12. The minimum atomic E-state index is -0.607. The smallest absolute Gasteiger partial charge is 0.310 e. The van der Waals surface area contributed by atoms with Gasteiger partial charge in [-0.15, -0.1) is 0 Å². The quantitative estimate of drug-likeness (QED) is 0.757. The second kappa shape index (κ2) is 6.77. The lowest BCUT2D eigenvalue weighted by Crippen LogP contribution is -2.25. The first kappa shape index (κ1) is 16.3. The average Bonchev–Trinajstić information content (AvgIpc) is 2.76. The maximum atomic E-state index is 11.9. The Kier molecular flexibility index (Phi) is 5.24. The zero-order chi connectivity index (χ0) is 15.5. The van der Waals surface area contributed by atoms with Crippen molar-refractivity contribution in [3.05, 3.63) is 28.2 Å². The van der Waals surface area contributed by atoms with Gasteiger partial charge in [0.2, 0.25) is 0 Å². The van der Waals surface area contributed by atoms with E-state index in [1.165, 1.54) is 0 Å². The number of hydrogen-bond donors (Lipinski definition) is 0. The first-order valence-corrected chi connectivity index (χ1v) is 7.49. The van der Waals surface area contributed by atoms with Gasteiger partial charge in [-0.25, -0.2) is 0 Å². The monoisotopic (exact) mass is 358 g/mol. The van der Waals surface area contributed by atoms with Crippen molar-refractivity contribution in [1.82, 2.24) is 0 Å². The molecule has 0 N–H and O–H groups in total. The number of rotatable bonds is 5. The zero-order valence-corrected chi connectivity index (χ0v) is 13.9. The summed E-state index contributed by atoms with van der Waals surface area (Å²) in [7, 11) is 1.57. The number of carbonyl (C=O) groups excluding carboxylic acids is 1. The topological polar surface area (TPSA) is 54.0 Å². The van der Waals surface area contributed by atoms with E-state index in [-0.39, 0.29) is 25.1 Å². The minimum Gasteiger partial charge on any atom is -0.496 e. The number of ether oxygens (including phenoxy) is 4. The first-order chi connectivity index (χ1) is 9.89. The van der Waals surface area contributed by atoms with Crippen molar-refractivity contribution in [2.75, 3.05) is 20.3 Å². The van der Waals surface area contributed by atoms with Gasteiger partial charge in [-0.3, -0.25) is 4.79 Å². The summed E-state index contributed by atoms with van der Waals surface area (Å²) in [5, 5.41) is 0. The molecule has 0 unspecified atom stereocenters. The Bertz CT molecular complexity index is 515. The Morgan fingerprint density at radius 3 is 2.86 bits per heavy atom. The third-order valence-corrected chi connectivity index (χ3v) is 3.57. The highest BCUT2D eigenvalue weighted by atomic mass is 79.9. The highest BCUT2D eigenvalue weighted by molar-refractivity contribution is 9.10. The molecule has 0 aromatic heterocycles. The summed E-state index contributed by atoms with van der Waals surface area (Å²) in [6.07, 6.45) is -0.0621. The van der Waals surface area contributed by atoms with Gasteiger partial charge in [-0.2, -0.15) is 0 Å². The lowest BCUT2D eigenvalue weighted by Gasteiger charge is -2.17. The second-order valence-electron chi connectivity index (χ2n) is 5.27. The predicted octanol–water partition coefficient (Wildman–Crippen LogP) is 2.69. The molecule has 0 spiro atoms. The first-order valence-electron chi connectivity index (χ1n) is 6.69. The molecule has 0 bridgehead atoms. The summed E-state index contributed by atoms with van der Waals surface area (Å²) in [5.74, 6) is -0.263. The van der Waals surface area contributed by atoms with Gasteiger partial charge >= 0.3 is 5.97 Å². The molecule has 0 aliphatic carbocycles. The highest BCUT2D eigenvalue weighted by Crippen LogP contribution is 2.24. The highest BCUT2D eigenvalue weighted by Gasteiger charge is 2.33. The number of methoxy groups -OCH3 is 1. The van der Waals surface area contributed by atoms with Crippen LogP contribution in [0.25, 0.3) is 0 Å². The van der Waals surface area contributed by atoms with E-state index in [9.17, 15) is 4.79 Å². The van der Waals surface area contributed by atoms with Crippen LogP contribution in [0.1, 0.15) is 19.4 Å². The fraction of sp³-hybridized carbons (Fsp3) is 0.533. The van der Waals surface area contributed by atoms with E-state index >= 15 is 0 Å².